The van der Waals surface area contributed by atoms with Gasteiger partial charge in [0.2, 0.25) is 0 Å². The number of aromatic nitrogens is 2. The molecule has 0 aliphatic heterocycles. The fraction of sp³-hybridized carbons (Fsp3) is 0.222. The quantitative estimate of drug-likeness (QED) is 0.753. The van der Waals surface area contributed by atoms with Crippen LogP contribution in [-0.2, 0) is 6.42 Å². The molecule has 0 saturated heterocycles. The van der Waals surface area contributed by atoms with E-state index in [0.717, 1.165) is 0 Å². The summed E-state index contributed by atoms with van der Waals surface area (Å²) >= 11 is 0. The Balaban J connectivity index is 2.44. The first kappa shape index (κ1) is 9.05. The molecule has 0 aliphatic carbocycles. The number of fused-ring (bicyclic) bond motifs is 1. The van der Waals surface area contributed by atoms with Crippen molar-refractivity contribution < 1.29 is 13.2 Å². The van der Waals surface area contributed by atoms with E-state index in [-0.39, 0.29) is 5.56 Å². The van der Waals surface area contributed by atoms with E-state index in [1.807, 2.05) is 0 Å². The highest BCUT2D eigenvalue weighted by Crippen LogP contribution is 2.25. The molecule has 0 fully saturated rings. The minimum Gasteiger partial charge on any atom is -0.346 e. The average molecular weight is 200 g/mol. The number of hydrogen-bond acceptors (Lipinski definition) is 1. The molecular formula is C9H7F3N2. The van der Waals surface area contributed by atoms with Gasteiger partial charge in [-0.3, -0.25) is 0 Å². The SMILES string of the molecule is FC(F)(F)Cc1c[nH]c2ncccc12. The van der Waals surface area contributed by atoms with Crippen molar-refractivity contribution in [3.8, 4) is 0 Å². The molecule has 1 N–H and O–H groups in total. The maximum atomic E-state index is 12.1. The fourth-order valence-electron chi connectivity index (χ4n) is 1.37. The molecule has 0 unspecified atom stereocenters. The normalized spacial score (nSPS) is 12.2. The lowest BCUT2D eigenvalue weighted by atomic mass is 10.1. The number of rotatable bonds is 1. The summed E-state index contributed by atoms with van der Waals surface area (Å²) in [4.78, 5) is 6.61. The van der Waals surface area contributed by atoms with E-state index < -0.39 is 12.6 Å². The monoisotopic (exact) mass is 200 g/mol. The number of halogens is 3. The van der Waals surface area contributed by atoms with Crippen molar-refractivity contribution in [3.05, 3.63) is 30.1 Å². The van der Waals surface area contributed by atoms with Gasteiger partial charge in [-0.2, -0.15) is 13.2 Å². The highest BCUT2D eigenvalue weighted by molar-refractivity contribution is 5.79. The highest BCUT2D eigenvalue weighted by atomic mass is 19.4. The van der Waals surface area contributed by atoms with E-state index in [1.54, 1.807) is 12.1 Å². The van der Waals surface area contributed by atoms with E-state index >= 15 is 0 Å². The summed E-state index contributed by atoms with van der Waals surface area (Å²) in [5.74, 6) is 0. The lowest BCUT2D eigenvalue weighted by Crippen LogP contribution is -2.10. The molecule has 5 heteroatoms. The van der Waals surface area contributed by atoms with Crippen molar-refractivity contribution in [3.63, 3.8) is 0 Å². The molecule has 0 saturated carbocycles. The summed E-state index contributed by atoms with van der Waals surface area (Å²) < 4.78 is 36.3. The molecule has 0 atom stereocenters. The van der Waals surface area contributed by atoms with Crippen LogP contribution >= 0.6 is 0 Å². The first-order valence-corrected chi connectivity index (χ1v) is 4.04. The average Bonchev–Trinajstić information content (AvgIpc) is 2.47. The topological polar surface area (TPSA) is 28.7 Å². The minimum atomic E-state index is -4.18. The number of alkyl halides is 3. The van der Waals surface area contributed by atoms with Crippen molar-refractivity contribution in [2.24, 2.45) is 0 Å². The molecule has 2 rings (SSSR count). The smallest absolute Gasteiger partial charge is 0.346 e. The van der Waals surface area contributed by atoms with Crippen LogP contribution in [-0.4, -0.2) is 16.1 Å². The van der Waals surface area contributed by atoms with Gasteiger partial charge in [-0.1, -0.05) is 0 Å². The second kappa shape index (κ2) is 3.01. The predicted molar refractivity (Wildman–Crippen MR) is 45.9 cm³/mol. The van der Waals surface area contributed by atoms with Gasteiger partial charge < -0.3 is 4.98 Å². The number of nitrogens with zero attached hydrogens (tertiary/aromatic N) is 1. The van der Waals surface area contributed by atoms with Crippen molar-refractivity contribution in [2.75, 3.05) is 0 Å². The van der Waals surface area contributed by atoms with E-state index in [4.69, 9.17) is 0 Å². The molecule has 0 radical (unpaired) electrons. The van der Waals surface area contributed by atoms with E-state index in [1.165, 1.54) is 12.4 Å². The second-order valence-corrected chi connectivity index (χ2v) is 3.01. The van der Waals surface area contributed by atoms with Gasteiger partial charge in [-0.15, -0.1) is 0 Å². The minimum absolute atomic E-state index is 0.237. The molecule has 2 heterocycles. The van der Waals surface area contributed by atoms with Gasteiger partial charge in [0.25, 0.3) is 0 Å². The van der Waals surface area contributed by atoms with Gasteiger partial charge >= 0.3 is 6.18 Å². The summed E-state index contributed by atoms with van der Waals surface area (Å²) in [6, 6.07) is 3.25. The molecule has 2 nitrogen and oxygen atoms in total. The Morgan fingerprint density at radius 3 is 2.86 bits per heavy atom. The van der Waals surface area contributed by atoms with Gasteiger partial charge in [0.05, 0.1) is 6.42 Å². The van der Waals surface area contributed by atoms with Crippen LogP contribution in [0.1, 0.15) is 5.56 Å². The van der Waals surface area contributed by atoms with Crippen LogP contribution in [0.25, 0.3) is 11.0 Å². The first-order valence-electron chi connectivity index (χ1n) is 4.04. The summed E-state index contributed by atoms with van der Waals surface area (Å²) in [6.45, 7) is 0. The maximum Gasteiger partial charge on any atom is 0.393 e. The third-order valence-electron chi connectivity index (χ3n) is 1.93. The largest absolute Gasteiger partial charge is 0.393 e. The molecular weight excluding hydrogens is 193 g/mol. The Morgan fingerprint density at radius 2 is 2.14 bits per heavy atom. The van der Waals surface area contributed by atoms with Gasteiger partial charge in [0, 0.05) is 17.8 Å². The zero-order valence-electron chi connectivity index (χ0n) is 7.10. The zero-order chi connectivity index (χ0) is 10.2. The molecule has 0 aromatic carbocycles. The van der Waals surface area contributed by atoms with Crippen molar-refractivity contribution in [2.45, 2.75) is 12.6 Å². The zero-order valence-corrected chi connectivity index (χ0v) is 7.10. The van der Waals surface area contributed by atoms with Crippen molar-refractivity contribution in [1.82, 2.24) is 9.97 Å². The Kier molecular flexibility index (Phi) is 1.94. The molecule has 2 aromatic heterocycles. The van der Waals surface area contributed by atoms with Crippen LogP contribution in [0.3, 0.4) is 0 Å². The van der Waals surface area contributed by atoms with Gasteiger partial charge in [-0.25, -0.2) is 4.98 Å². The van der Waals surface area contributed by atoms with Crippen molar-refractivity contribution in [1.29, 1.82) is 0 Å². The molecule has 14 heavy (non-hydrogen) atoms. The van der Waals surface area contributed by atoms with Gasteiger partial charge in [0.1, 0.15) is 5.65 Å². The fourth-order valence-corrected chi connectivity index (χ4v) is 1.37. The van der Waals surface area contributed by atoms with Gasteiger partial charge in [0.15, 0.2) is 0 Å². The number of H-pyrrole nitrogens is 1. The van der Waals surface area contributed by atoms with Crippen molar-refractivity contribution >= 4 is 11.0 Å². The van der Waals surface area contributed by atoms with Crippen LogP contribution in [0.2, 0.25) is 0 Å². The number of nitrogens with one attached hydrogen (secondary N) is 1. The van der Waals surface area contributed by atoms with Crippen LogP contribution in [0.4, 0.5) is 13.2 Å². The molecule has 0 amide bonds. The third kappa shape index (κ3) is 1.71. The maximum absolute atomic E-state index is 12.1. The lowest BCUT2D eigenvalue weighted by molar-refractivity contribution is -0.126. The van der Waals surface area contributed by atoms with Gasteiger partial charge in [-0.05, 0) is 17.7 Å². The second-order valence-electron chi connectivity index (χ2n) is 3.01. The van der Waals surface area contributed by atoms with E-state index in [0.29, 0.717) is 11.0 Å². The number of aromatic amines is 1. The molecule has 74 valence electrons. The summed E-state index contributed by atoms with van der Waals surface area (Å²) in [5.41, 5.74) is 0.729. The number of hydrogen-bond donors (Lipinski definition) is 1. The van der Waals surface area contributed by atoms with Crippen LogP contribution < -0.4 is 0 Å². The Hall–Kier alpha value is -1.52. The molecule has 0 bridgehead atoms. The molecule has 0 aliphatic rings. The Bertz CT molecular complexity index is 444. The summed E-state index contributed by atoms with van der Waals surface area (Å²) in [7, 11) is 0. The van der Waals surface area contributed by atoms with Crippen LogP contribution in [0, 0.1) is 0 Å². The predicted octanol–water partition coefficient (Wildman–Crippen LogP) is 2.67. The number of pyridine rings is 1. The standard InChI is InChI=1S/C9H7F3N2/c10-9(11,12)4-6-5-14-8-7(6)2-1-3-13-8/h1-3,5H,4H2,(H,13,14). The van der Waals surface area contributed by atoms with E-state index in [2.05, 4.69) is 9.97 Å². The van der Waals surface area contributed by atoms with Crippen LogP contribution in [0.5, 0.6) is 0 Å². The third-order valence-corrected chi connectivity index (χ3v) is 1.93. The highest BCUT2D eigenvalue weighted by Gasteiger charge is 2.28. The van der Waals surface area contributed by atoms with E-state index in [9.17, 15) is 13.2 Å². The Morgan fingerprint density at radius 1 is 1.36 bits per heavy atom. The lowest BCUT2D eigenvalue weighted by Gasteiger charge is -2.03. The summed E-state index contributed by atoms with van der Waals surface area (Å²) in [5, 5.41) is 0.532. The van der Waals surface area contributed by atoms with Crippen LogP contribution in [0.15, 0.2) is 24.5 Å². The first-order chi connectivity index (χ1) is 6.56. The Labute approximate surface area is 77.8 Å². The molecule has 0 spiro atoms. The summed E-state index contributed by atoms with van der Waals surface area (Å²) in [6.07, 6.45) is -2.20. The molecule has 2 aromatic rings.